The summed E-state index contributed by atoms with van der Waals surface area (Å²) in [6.45, 7) is 5.74. The van der Waals surface area contributed by atoms with Crippen molar-refractivity contribution in [2.24, 2.45) is 0 Å². The van der Waals surface area contributed by atoms with Gasteiger partial charge in [-0.05, 0) is 36.1 Å². The molecule has 2 saturated heterocycles. The molecule has 0 amide bonds. The molecule has 3 heterocycles. The van der Waals surface area contributed by atoms with Crippen LogP contribution in [0.4, 0.5) is 0 Å². The van der Waals surface area contributed by atoms with Crippen LogP contribution in [-0.2, 0) is 9.47 Å². The van der Waals surface area contributed by atoms with Crippen molar-refractivity contribution < 1.29 is 18.7 Å². The Hall–Kier alpha value is -1.64. The molecule has 0 unspecified atom stereocenters. The van der Waals surface area contributed by atoms with Crippen molar-refractivity contribution in [1.82, 2.24) is 9.80 Å². The van der Waals surface area contributed by atoms with Gasteiger partial charge in [0.2, 0.25) is 5.78 Å². The molecule has 2 atom stereocenters. The van der Waals surface area contributed by atoms with E-state index in [-0.39, 0.29) is 17.9 Å². The molecule has 0 bridgehead atoms. The van der Waals surface area contributed by atoms with Gasteiger partial charge in [-0.2, -0.15) is 0 Å². The Kier molecular flexibility index (Phi) is 7.05. The molecule has 0 aliphatic carbocycles. The van der Waals surface area contributed by atoms with Crippen LogP contribution in [0.15, 0.2) is 52.0 Å². The Labute approximate surface area is 176 Å². The predicted molar refractivity (Wildman–Crippen MR) is 113 cm³/mol. The maximum absolute atomic E-state index is 13.6. The summed E-state index contributed by atoms with van der Waals surface area (Å²) < 4.78 is 16.7. The van der Waals surface area contributed by atoms with Gasteiger partial charge in [0.1, 0.15) is 0 Å². The van der Waals surface area contributed by atoms with Crippen LogP contribution in [0.1, 0.15) is 22.2 Å². The van der Waals surface area contributed by atoms with Gasteiger partial charge in [0.15, 0.2) is 5.76 Å². The molecule has 2 aromatic rings. The summed E-state index contributed by atoms with van der Waals surface area (Å²) in [6, 6.07) is 11.8. The van der Waals surface area contributed by atoms with Crippen LogP contribution in [0.25, 0.3) is 0 Å². The standard InChI is InChI=1S/C22H28N2O4S/c1-29-18-6-4-17(5-7-18)20(23-8-13-26-14-9-23)21(24-10-15-27-16-11-24)22(25)19-3-2-12-28-19/h2-7,12,20-21H,8-11,13-16H2,1H3/t20-,21+/m1/s1. The minimum atomic E-state index is -0.330. The van der Waals surface area contributed by atoms with Gasteiger partial charge in [-0.15, -0.1) is 11.8 Å². The average molecular weight is 417 g/mol. The lowest BCUT2D eigenvalue weighted by atomic mass is 9.91. The highest BCUT2D eigenvalue weighted by atomic mass is 32.2. The molecule has 1 aromatic carbocycles. The van der Waals surface area contributed by atoms with Gasteiger partial charge in [0.05, 0.1) is 44.8 Å². The van der Waals surface area contributed by atoms with E-state index in [9.17, 15) is 4.79 Å². The summed E-state index contributed by atoms with van der Waals surface area (Å²) in [7, 11) is 0. The van der Waals surface area contributed by atoms with E-state index in [0.717, 1.165) is 31.7 Å². The highest BCUT2D eigenvalue weighted by Gasteiger charge is 2.40. The van der Waals surface area contributed by atoms with Crippen LogP contribution in [0.2, 0.25) is 0 Å². The molecule has 6 nitrogen and oxygen atoms in total. The first-order chi connectivity index (χ1) is 14.3. The molecule has 2 aliphatic heterocycles. The van der Waals surface area contributed by atoms with Crippen molar-refractivity contribution in [2.45, 2.75) is 17.0 Å². The molecular weight excluding hydrogens is 388 g/mol. The Morgan fingerprint density at radius 1 is 0.931 bits per heavy atom. The van der Waals surface area contributed by atoms with Gasteiger partial charge in [0.25, 0.3) is 0 Å². The quantitative estimate of drug-likeness (QED) is 0.508. The van der Waals surface area contributed by atoms with Crippen LogP contribution in [0.3, 0.4) is 0 Å². The average Bonchev–Trinajstić information content (AvgIpc) is 3.33. The van der Waals surface area contributed by atoms with E-state index in [1.165, 1.54) is 4.90 Å². The number of hydrogen-bond acceptors (Lipinski definition) is 7. The molecule has 2 aliphatic rings. The van der Waals surface area contributed by atoms with E-state index in [4.69, 9.17) is 13.9 Å². The number of ketones is 1. The molecular formula is C22H28N2O4S. The van der Waals surface area contributed by atoms with E-state index in [1.54, 1.807) is 30.2 Å². The molecule has 156 valence electrons. The minimum Gasteiger partial charge on any atom is -0.461 e. The molecule has 2 fully saturated rings. The topological polar surface area (TPSA) is 55.2 Å². The number of thioether (sulfide) groups is 1. The number of Topliss-reactive ketones (excluding diaryl/α,β-unsaturated/α-hetero) is 1. The van der Waals surface area contributed by atoms with Crippen LogP contribution in [0.5, 0.6) is 0 Å². The van der Waals surface area contributed by atoms with Crippen LogP contribution >= 0.6 is 11.8 Å². The van der Waals surface area contributed by atoms with Crippen molar-refractivity contribution in [2.75, 3.05) is 58.9 Å². The fourth-order valence-corrected chi connectivity index (χ4v) is 4.59. The largest absolute Gasteiger partial charge is 0.461 e. The van der Waals surface area contributed by atoms with Gasteiger partial charge in [-0.25, -0.2) is 0 Å². The summed E-state index contributed by atoms with van der Waals surface area (Å²) in [6.07, 6.45) is 3.64. The van der Waals surface area contributed by atoms with Crippen molar-refractivity contribution >= 4 is 17.5 Å². The third kappa shape index (κ3) is 4.75. The first-order valence-electron chi connectivity index (χ1n) is 10.1. The molecule has 0 spiro atoms. The fourth-order valence-electron chi connectivity index (χ4n) is 4.18. The lowest BCUT2D eigenvalue weighted by Gasteiger charge is -2.44. The Morgan fingerprint density at radius 2 is 1.55 bits per heavy atom. The SMILES string of the molecule is CSc1ccc([C@H]([C@@H](C(=O)c2ccco2)N2CCOCC2)N2CCOCC2)cc1. The number of carbonyl (C=O) groups is 1. The summed E-state index contributed by atoms with van der Waals surface area (Å²) in [5.41, 5.74) is 1.15. The second kappa shape index (κ2) is 9.91. The van der Waals surface area contributed by atoms with Gasteiger partial charge in [-0.3, -0.25) is 14.6 Å². The van der Waals surface area contributed by atoms with Crippen LogP contribution in [0, 0.1) is 0 Å². The lowest BCUT2D eigenvalue weighted by Crippen LogP contribution is -2.55. The molecule has 4 rings (SSSR count). The first-order valence-corrected chi connectivity index (χ1v) is 11.4. The minimum absolute atomic E-state index is 0.0299. The zero-order valence-electron chi connectivity index (χ0n) is 16.8. The molecule has 1 aromatic heterocycles. The molecule has 0 radical (unpaired) electrons. The van der Waals surface area contributed by atoms with Crippen molar-refractivity contribution in [3.05, 3.63) is 54.0 Å². The van der Waals surface area contributed by atoms with Crippen molar-refractivity contribution in [1.29, 1.82) is 0 Å². The highest BCUT2D eigenvalue weighted by Crippen LogP contribution is 2.32. The van der Waals surface area contributed by atoms with Crippen molar-refractivity contribution in [3.63, 3.8) is 0 Å². The second-order valence-corrected chi connectivity index (χ2v) is 8.18. The summed E-state index contributed by atoms with van der Waals surface area (Å²) in [5.74, 6) is 0.447. The zero-order valence-corrected chi connectivity index (χ0v) is 17.6. The summed E-state index contributed by atoms with van der Waals surface area (Å²) in [4.78, 5) is 19.5. The number of furan rings is 1. The van der Waals surface area contributed by atoms with Gasteiger partial charge in [0, 0.05) is 31.1 Å². The van der Waals surface area contributed by atoms with Crippen molar-refractivity contribution in [3.8, 4) is 0 Å². The molecule has 29 heavy (non-hydrogen) atoms. The number of benzene rings is 1. The maximum Gasteiger partial charge on any atom is 0.216 e. The smallest absolute Gasteiger partial charge is 0.216 e. The molecule has 7 heteroatoms. The van der Waals surface area contributed by atoms with E-state index in [2.05, 4.69) is 40.3 Å². The zero-order chi connectivity index (χ0) is 20.1. The van der Waals surface area contributed by atoms with Gasteiger partial charge in [-0.1, -0.05) is 12.1 Å². The number of rotatable bonds is 7. The molecule has 0 N–H and O–H groups in total. The van der Waals surface area contributed by atoms with Crippen LogP contribution in [-0.4, -0.2) is 80.5 Å². The number of nitrogens with zero attached hydrogens (tertiary/aromatic N) is 2. The molecule has 0 saturated carbocycles. The summed E-state index contributed by atoms with van der Waals surface area (Å²) >= 11 is 1.72. The Morgan fingerprint density at radius 3 is 2.10 bits per heavy atom. The number of morpholine rings is 2. The first kappa shape index (κ1) is 20.6. The van der Waals surface area contributed by atoms with Crippen LogP contribution < -0.4 is 0 Å². The van der Waals surface area contributed by atoms with E-state index in [0.29, 0.717) is 32.2 Å². The number of ether oxygens (including phenoxy) is 2. The lowest BCUT2D eigenvalue weighted by molar-refractivity contribution is -0.0307. The predicted octanol–water partition coefficient (Wildman–Crippen LogP) is 2.96. The van der Waals surface area contributed by atoms with Gasteiger partial charge < -0.3 is 13.9 Å². The normalized spacial score (nSPS) is 21.0. The van der Waals surface area contributed by atoms with Gasteiger partial charge >= 0.3 is 0 Å². The van der Waals surface area contributed by atoms with E-state index >= 15 is 0 Å². The summed E-state index contributed by atoms with van der Waals surface area (Å²) in [5, 5.41) is 0. The third-order valence-electron chi connectivity index (χ3n) is 5.67. The highest BCUT2D eigenvalue weighted by molar-refractivity contribution is 7.98. The maximum atomic E-state index is 13.6. The fraction of sp³-hybridized carbons (Fsp3) is 0.500. The van der Waals surface area contributed by atoms with E-state index in [1.807, 2.05) is 0 Å². The Balaban J connectivity index is 1.74. The third-order valence-corrected chi connectivity index (χ3v) is 6.41. The van der Waals surface area contributed by atoms with E-state index < -0.39 is 0 Å². The monoisotopic (exact) mass is 416 g/mol. The number of carbonyl (C=O) groups excluding carboxylic acids is 1. The second-order valence-electron chi connectivity index (χ2n) is 7.30. The number of hydrogen-bond donors (Lipinski definition) is 0. The Bertz CT molecular complexity index is 769.